The maximum atomic E-state index is 5.43. The highest BCUT2D eigenvalue weighted by Gasteiger charge is 2.15. The topological polar surface area (TPSA) is 21.3 Å². The minimum atomic E-state index is 0.260. The fourth-order valence-electron chi connectivity index (χ4n) is 1.29. The Kier molecular flexibility index (Phi) is 1.88. The zero-order valence-electron chi connectivity index (χ0n) is 6.29. The summed E-state index contributed by atoms with van der Waals surface area (Å²) in [7, 11) is 0. The summed E-state index contributed by atoms with van der Waals surface area (Å²) in [6, 6.07) is 10.3. The second-order valence-corrected chi connectivity index (χ2v) is 2.66. The van der Waals surface area contributed by atoms with Crippen LogP contribution in [0.2, 0.25) is 0 Å². The van der Waals surface area contributed by atoms with Crippen molar-refractivity contribution in [1.29, 1.82) is 0 Å². The SMILES string of the molecule is c1ccc(C2CNCO2)cc1. The highest BCUT2D eigenvalue weighted by Crippen LogP contribution is 2.18. The molecular formula is C9H11NO. The van der Waals surface area contributed by atoms with Crippen LogP contribution in [0, 0.1) is 0 Å². The van der Waals surface area contributed by atoms with Gasteiger partial charge >= 0.3 is 0 Å². The molecule has 2 nitrogen and oxygen atoms in total. The molecule has 1 atom stereocenters. The number of benzene rings is 1. The molecular weight excluding hydrogens is 138 g/mol. The van der Waals surface area contributed by atoms with E-state index in [1.807, 2.05) is 18.2 Å². The summed E-state index contributed by atoms with van der Waals surface area (Å²) in [5, 5.41) is 3.15. The van der Waals surface area contributed by atoms with Gasteiger partial charge in [0, 0.05) is 6.54 Å². The van der Waals surface area contributed by atoms with E-state index in [0.29, 0.717) is 6.73 Å². The first-order chi connectivity index (χ1) is 5.47. The van der Waals surface area contributed by atoms with Crippen molar-refractivity contribution in [2.45, 2.75) is 6.10 Å². The number of hydrogen-bond donors (Lipinski definition) is 1. The molecule has 1 aromatic rings. The van der Waals surface area contributed by atoms with Crippen LogP contribution < -0.4 is 5.32 Å². The zero-order chi connectivity index (χ0) is 7.52. The third-order valence-electron chi connectivity index (χ3n) is 1.89. The smallest absolute Gasteiger partial charge is 0.0975 e. The number of rotatable bonds is 1. The van der Waals surface area contributed by atoms with Crippen molar-refractivity contribution in [3.8, 4) is 0 Å². The van der Waals surface area contributed by atoms with Gasteiger partial charge in [0.25, 0.3) is 0 Å². The highest BCUT2D eigenvalue weighted by molar-refractivity contribution is 5.18. The van der Waals surface area contributed by atoms with Crippen LogP contribution in [0.15, 0.2) is 30.3 Å². The Morgan fingerprint density at radius 1 is 1.27 bits per heavy atom. The predicted molar refractivity (Wildman–Crippen MR) is 43.1 cm³/mol. The molecule has 0 radical (unpaired) electrons. The van der Waals surface area contributed by atoms with Crippen molar-refractivity contribution in [3.63, 3.8) is 0 Å². The molecule has 11 heavy (non-hydrogen) atoms. The molecule has 0 aromatic heterocycles. The minimum Gasteiger partial charge on any atom is -0.357 e. The predicted octanol–water partition coefficient (Wildman–Crippen LogP) is 1.30. The van der Waals surface area contributed by atoms with Gasteiger partial charge in [0.1, 0.15) is 0 Å². The van der Waals surface area contributed by atoms with Crippen LogP contribution in [-0.4, -0.2) is 13.3 Å². The maximum absolute atomic E-state index is 5.43. The molecule has 2 rings (SSSR count). The molecule has 1 saturated heterocycles. The van der Waals surface area contributed by atoms with Gasteiger partial charge < -0.3 is 4.74 Å². The van der Waals surface area contributed by atoms with E-state index in [1.165, 1.54) is 5.56 Å². The summed E-state index contributed by atoms with van der Waals surface area (Å²) in [5.41, 5.74) is 1.26. The third-order valence-corrected chi connectivity index (χ3v) is 1.89. The molecule has 0 bridgehead atoms. The average molecular weight is 149 g/mol. The maximum Gasteiger partial charge on any atom is 0.0975 e. The van der Waals surface area contributed by atoms with Crippen LogP contribution in [0.5, 0.6) is 0 Å². The first-order valence-corrected chi connectivity index (χ1v) is 3.84. The van der Waals surface area contributed by atoms with Crippen molar-refractivity contribution in [1.82, 2.24) is 5.32 Å². The van der Waals surface area contributed by atoms with Crippen LogP contribution in [-0.2, 0) is 4.74 Å². The summed E-state index contributed by atoms with van der Waals surface area (Å²) in [5.74, 6) is 0. The van der Waals surface area contributed by atoms with Crippen molar-refractivity contribution in [2.75, 3.05) is 13.3 Å². The van der Waals surface area contributed by atoms with Crippen LogP contribution in [0.3, 0.4) is 0 Å². The first-order valence-electron chi connectivity index (χ1n) is 3.84. The Morgan fingerprint density at radius 3 is 2.73 bits per heavy atom. The van der Waals surface area contributed by atoms with E-state index in [0.717, 1.165) is 6.54 Å². The van der Waals surface area contributed by atoms with Crippen LogP contribution in [0.1, 0.15) is 11.7 Å². The summed E-state index contributed by atoms with van der Waals surface area (Å²) >= 11 is 0. The van der Waals surface area contributed by atoms with Crippen molar-refractivity contribution < 1.29 is 4.74 Å². The van der Waals surface area contributed by atoms with Crippen LogP contribution >= 0.6 is 0 Å². The molecule has 1 aromatic carbocycles. The summed E-state index contributed by atoms with van der Waals surface area (Å²) in [6.45, 7) is 1.61. The lowest BCUT2D eigenvalue weighted by Crippen LogP contribution is -2.07. The van der Waals surface area contributed by atoms with Gasteiger partial charge in [0.2, 0.25) is 0 Å². The molecule has 0 amide bonds. The lowest BCUT2D eigenvalue weighted by molar-refractivity contribution is 0.114. The molecule has 1 unspecified atom stereocenters. The number of nitrogens with one attached hydrogen (secondary N) is 1. The third kappa shape index (κ3) is 1.42. The largest absolute Gasteiger partial charge is 0.357 e. The molecule has 0 saturated carbocycles. The molecule has 1 N–H and O–H groups in total. The number of ether oxygens (including phenoxy) is 1. The Hall–Kier alpha value is -0.860. The molecule has 1 aliphatic rings. The van der Waals surface area contributed by atoms with E-state index >= 15 is 0 Å². The van der Waals surface area contributed by atoms with Gasteiger partial charge in [-0.15, -0.1) is 0 Å². The molecule has 0 spiro atoms. The van der Waals surface area contributed by atoms with E-state index in [9.17, 15) is 0 Å². The van der Waals surface area contributed by atoms with Crippen LogP contribution in [0.4, 0.5) is 0 Å². The van der Waals surface area contributed by atoms with E-state index in [-0.39, 0.29) is 6.10 Å². The van der Waals surface area contributed by atoms with E-state index < -0.39 is 0 Å². The molecule has 0 aliphatic carbocycles. The van der Waals surface area contributed by atoms with E-state index in [2.05, 4.69) is 17.4 Å². The van der Waals surface area contributed by atoms with Gasteiger partial charge in [0.15, 0.2) is 0 Å². The Balaban J connectivity index is 2.16. The Bertz CT molecular complexity index is 216. The fraction of sp³-hybridized carbons (Fsp3) is 0.333. The second kappa shape index (κ2) is 3.03. The second-order valence-electron chi connectivity index (χ2n) is 2.66. The lowest BCUT2D eigenvalue weighted by atomic mass is 10.1. The minimum absolute atomic E-state index is 0.260. The van der Waals surface area contributed by atoms with Crippen LogP contribution in [0.25, 0.3) is 0 Å². The molecule has 58 valence electrons. The summed E-state index contributed by atoms with van der Waals surface area (Å²) in [6.07, 6.45) is 0.260. The van der Waals surface area contributed by atoms with Gasteiger partial charge in [-0.2, -0.15) is 0 Å². The van der Waals surface area contributed by atoms with Gasteiger partial charge in [-0.25, -0.2) is 0 Å². The molecule has 1 heterocycles. The van der Waals surface area contributed by atoms with Gasteiger partial charge in [0.05, 0.1) is 12.8 Å². The van der Waals surface area contributed by atoms with Crippen molar-refractivity contribution in [2.24, 2.45) is 0 Å². The Labute approximate surface area is 66.2 Å². The Morgan fingerprint density at radius 2 is 2.09 bits per heavy atom. The van der Waals surface area contributed by atoms with E-state index in [1.54, 1.807) is 0 Å². The molecule has 2 heteroatoms. The normalized spacial score (nSPS) is 23.8. The van der Waals surface area contributed by atoms with E-state index in [4.69, 9.17) is 4.74 Å². The zero-order valence-corrected chi connectivity index (χ0v) is 6.29. The average Bonchev–Trinajstić information content (AvgIpc) is 2.58. The van der Waals surface area contributed by atoms with Crippen molar-refractivity contribution >= 4 is 0 Å². The fourth-order valence-corrected chi connectivity index (χ4v) is 1.29. The first kappa shape index (κ1) is 6.83. The molecule has 1 fully saturated rings. The molecule has 1 aliphatic heterocycles. The van der Waals surface area contributed by atoms with Crippen molar-refractivity contribution in [3.05, 3.63) is 35.9 Å². The number of hydrogen-bond acceptors (Lipinski definition) is 2. The summed E-state index contributed by atoms with van der Waals surface area (Å²) < 4.78 is 5.43. The monoisotopic (exact) mass is 149 g/mol. The lowest BCUT2D eigenvalue weighted by Gasteiger charge is -2.06. The van der Waals surface area contributed by atoms with Gasteiger partial charge in [-0.3, -0.25) is 5.32 Å². The highest BCUT2D eigenvalue weighted by atomic mass is 16.5. The summed E-state index contributed by atoms with van der Waals surface area (Å²) in [4.78, 5) is 0. The van der Waals surface area contributed by atoms with Gasteiger partial charge in [-0.05, 0) is 5.56 Å². The standard InChI is InChI=1S/C9H11NO/c1-2-4-8(5-3-1)9-6-10-7-11-9/h1-5,9-10H,6-7H2. The van der Waals surface area contributed by atoms with Gasteiger partial charge in [-0.1, -0.05) is 30.3 Å². The quantitative estimate of drug-likeness (QED) is 0.650.